The Labute approximate surface area is 119 Å². The topological polar surface area (TPSA) is 69.6 Å². The third kappa shape index (κ3) is 5.30. The van der Waals surface area contributed by atoms with Crippen LogP contribution in [0.25, 0.3) is 0 Å². The summed E-state index contributed by atoms with van der Waals surface area (Å²) in [6, 6.07) is 7.98. The van der Waals surface area contributed by atoms with Crippen molar-refractivity contribution in [2.45, 2.75) is 32.7 Å². The Kier molecular flexibility index (Phi) is 6.03. The fraction of sp³-hybridized carbons (Fsp3) is 0.467. The van der Waals surface area contributed by atoms with Gasteiger partial charge in [0, 0.05) is 20.0 Å². The van der Waals surface area contributed by atoms with E-state index in [2.05, 4.69) is 5.32 Å². The number of carboxylic acid groups (broad SMARTS) is 1. The van der Waals surface area contributed by atoms with E-state index in [1.165, 1.54) is 17.5 Å². The molecule has 0 fully saturated rings. The third-order valence-corrected chi connectivity index (χ3v) is 3.18. The second kappa shape index (κ2) is 7.53. The molecule has 0 saturated heterocycles. The van der Waals surface area contributed by atoms with E-state index in [0.29, 0.717) is 19.4 Å². The quantitative estimate of drug-likeness (QED) is 0.840. The van der Waals surface area contributed by atoms with Crippen LogP contribution in [0.4, 0.5) is 4.79 Å². The summed E-state index contributed by atoms with van der Waals surface area (Å²) in [6.07, 6.45) is -0.123. The van der Waals surface area contributed by atoms with Crippen LogP contribution in [0.5, 0.6) is 0 Å². The summed E-state index contributed by atoms with van der Waals surface area (Å²) < 4.78 is 0. The summed E-state index contributed by atoms with van der Waals surface area (Å²) in [5.41, 5.74) is 2.25. The van der Waals surface area contributed by atoms with E-state index in [0.717, 1.165) is 5.56 Å². The molecule has 1 rings (SSSR count). The molecule has 0 aliphatic heterocycles. The van der Waals surface area contributed by atoms with Crippen molar-refractivity contribution in [3.05, 3.63) is 35.4 Å². The first-order valence-electron chi connectivity index (χ1n) is 6.70. The molecule has 0 heterocycles. The molecule has 20 heavy (non-hydrogen) atoms. The maximum Gasteiger partial charge on any atom is 0.407 e. The van der Waals surface area contributed by atoms with E-state index in [4.69, 9.17) is 5.11 Å². The van der Waals surface area contributed by atoms with Crippen LogP contribution >= 0.6 is 0 Å². The largest absolute Gasteiger partial charge is 0.465 e. The van der Waals surface area contributed by atoms with Gasteiger partial charge < -0.3 is 15.3 Å². The predicted molar refractivity (Wildman–Crippen MR) is 77.6 cm³/mol. The van der Waals surface area contributed by atoms with Gasteiger partial charge in [-0.25, -0.2) is 4.79 Å². The Balaban J connectivity index is 2.35. The number of rotatable bonds is 6. The lowest BCUT2D eigenvalue weighted by atomic mass is 10.1. The highest BCUT2D eigenvalue weighted by atomic mass is 16.4. The second-order valence-corrected chi connectivity index (χ2v) is 5.01. The van der Waals surface area contributed by atoms with Crippen molar-refractivity contribution in [1.82, 2.24) is 10.2 Å². The van der Waals surface area contributed by atoms with Crippen molar-refractivity contribution < 1.29 is 14.7 Å². The molecule has 0 bridgehead atoms. The first kappa shape index (κ1) is 16.0. The number of nitrogens with one attached hydrogen (secondary N) is 1. The van der Waals surface area contributed by atoms with Gasteiger partial charge in [-0.1, -0.05) is 29.8 Å². The molecule has 0 unspecified atom stereocenters. The third-order valence-electron chi connectivity index (χ3n) is 3.18. The molecule has 1 atom stereocenters. The Morgan fingerprint density at radius 1 is 1.30 bits per heavy atom. The minimum Gasteiger partial charge on any atom is -0.465 e. The number of amides is 2. The summed E-state index contributed by atoms with van der Waals surface area (Å²) in [6.45, 7) is 4.32. The number of carbonyl (C=O) groups excluding carboxylic acids is 1. The maximum absolute atomic E-state index is 11.8. The van der Waals surface area contributed by atoms with Crippen molar-refractivity contribution >= 4 is 12.0 Å². The zero-order chi connectivity index (χ0) is 15.1. The van der Waals surface area contributed by atoms with Crippen molar-refractivity contribution in [2.24, 2.45) is 0 Å². The Morgan fingerprint density at radius 3 is 2.45 bits per heavy atom. The molecule has 5 heteroatoms. The second-order valence-electron chi connectivity index (χ2n) is 5.01. The number of hydrogen-bond donors (Lipinski definition) is 2. The molecule has 0 saturated carbocycles. The normalized spacial score (nSPS) is 11.8. The van der Waals surface area contributed by atoms with Crippen LogP contribution in [-0.2, 0) is 4.79 Å². The van der Waals surface area contributed by atoms with Crippen LogP contribution in [0.2, 0.25) is 0 Å². The highest BCUT2D eigenvalue weighted by Crippen LogP contribution is 2.13. The highest BCUT2D eigenvalue weighted by molar-refractivity contribution is 5.76. The predicted octanol–water partition coefficient (Wildman–Crippen LogP) is 2.56. The van der Waals surface area contributed by atoms with Crippen LogP contribution in [0, 0.1) is 6.92 Å². The van der Waals surface area contributed by atoms with Gasteiger partial charge in [0.25, 0.3) is 0 Å². The zero-order valence-electron chi connectivity index (χ0n) is 12.2. The first-order valence-corrected chi connectivity index (χ1v) is 6.70. The Bertz CT molecular complexity index is 457. The van der Waals surface area contributed by atoms with E-state index >= 15 is 0 Å². The molecule has 0 spiro atoms. The van der Waals surface area contributed by atoms with E-state index in [9.17, 15) is 9.59 Å². The van der Waals surface area contributed by atoms with Crippen molar-refractivity contribution in [3.8, 4) is 0 Å². The number of benzene rings is 1. The molecule has 1 aromatic carbocycles. The number of carbonyl (C=O) groups is 2. The molecule has 1 aromatic rings. The summed E-state index contributed by atoms with van der Waals surface area (Å²) in [5.74, 6) is -0.0585. The lowest BCUT2D eigenvalue weighted by Crippen LogP contribution is -2.29. The van der Waals surface area contributed by atoms with Crippen LogP contribution in [0.3, 0.4) is 0 Å². The number of aryl methyl sites for hydroxylation is 1. The Hall–Kier alpha value is -2.04. The molecule has 2 N–H and O–H groups in total. The fourth-order valence-corrected chi connectivity index (χ4v) is 1.82. The van der Waals surface area contributed by atoms with Crippen molar-refractivity contribution in [3.63, 3.8) is 0 Å². The van der Waals surface area contributed by atoms with Gasteiger partial charge in [-0.05, 0) is 25.8 Å². The summed E-state index contributed by atoms with van der Waals surface area (Å²) in [5, 5.41) is 11.6. The number of hydrogen-bond acceptors (Lipinski definition) is 2. The zero-order valence-corrected chi connectivity index (χ0v) is 12.2. The first-order chi connectivity index (χ1) is 9.40. The van der Waals surface area contributed by atoms with Crippen LogP contribution in [-0.4, -0.2) is 35.6 Å². The number of nitrogens with zero attached hydrogens (tertiary/aromatic N) is 1. The molecule has 0 aliphatic rings. The molecule has 0 aromatic heterocycles. The molecular formula is C15H22N2O3. The SMILES string of the molecule is Cc1ccc([C@H](C)NC(=O)CCCN(C)C(=O)O)cc1. The van der Waals surface area contributed by atoms with Crippen LogP contribution in [0.1, 0.15) is 36.9 Å². The highest BCUT2D eigenvalue weighted by Gasteiger charge is 2.10. The summed E-state index contributed by atoms with van der Waals surface area (Å²) >= 11 is 0. The average Bonchev–Trinajstić information content (AvgIpc) is 2.39. The lowest BCUT2D eigenvalue weighted by molar-refractivity contribution is -0.121. The molecular weight excluding hydrogens is 256 g/mol. The standard InChI is InChI=1S/C15H22N2O3/c1-11-6-8-13(9-7-11)12(2)16-14(18)5-4-10-17(3)15(19)20/h6-9,12H,4-5,10H2,1-3H3,(H,16,18)(H,19,20)/t12-/m0/s1. The molecule has 0 radical (unpaired) electrons. The maximum atomic E-state index is 11.8. The molecule has 5 nitrogen and oxygen atoms in total. The van der Waals surface area contributed by atoms with Gasteiger partial charge in [-0.15, -0.1) is 0 Å². The monoisotopic (exact) mass is 278 g/mol. The van der Waals surface area contributed by atoms with Gasteiger partial charge in [-0.3, -0.25) is 4.79 Å². The summed E-state index contributed by atoms with van der Waals surface area (Å²) in [4.78, 5) is 23.5. The van der Waals surface area contributed by atoms with E-state index in [1.54, 1.807) is 0 Å². The fourth-order valence-electron chi connectivity index (χ4n) is 1.82. The minimum absolute atomic E-state index is 0.0414. The van der Waals surface area contributed by atoms with E-state index in [1.807, 2.05) is 38.1 Å². The van der Waals surface area contributed by atoms with Gasteiger partial charge >= 0.3 is 6.09 Å². The van der Waals surface area contributed by atoms with Crippen LogP contribution in [0.15, 0.2) is 24.3 Å². The van der Waals surface area contributed by atoms with Gasteiger partial charge in [0.15, 0.2) is 0 Å². The minimum atomic E-state index is -0.974. The van der Waals surface area contributed by atoms with E-state index in [-0.39, 0.29) is 11.9 Å². The van der Waals surface area contributed by atoms with Gasteiger partial charge in [0.05, 0.1) is 6.04 Å². The van der Waals surface area contributed by atoms with Gasteiger partial charge in [0.1, 0.15) is 0 Å². The van der Waals surface area contributed by atoms with E-state index < -0.39 is 6.09 Å². The van der Waals surface area contributed by atoms with Crippen molar-refractivity contribution in [1.29, 1.82) is 0 Å². The smallest absolute Gasteiger partial charge is 0.407 e. The lowest BCUT2D eigenvalue weighted by Gasteiger charge is -2.16. The van der Waals surface area contributed by atoms with Crippen molar-refractivity contribution in [2.75, 3.05) is 13.6 Å². The van der Waals surface area contributed by atoms with Gasteiger partial charge in [0.2, 0.25) is 5.91 Å². The summed E-state index contributed by atoms with van der Waals surface area (Å²) in [7, 11) is 1.50. The Morgan fingerprint density at radius 2 is 1.90 bits per heavy atom. The molecule has 0 aliphatic carbocycles. The molecule has 2 amide bonds. The van der Waals surface area contributed by atoms with Crippen LogP contribution < -0.4 is 5.32 Å². The van der Waals surface area contributed by atoms with Gasteiger partial charge in [-0.2, -0.15) is 0 Å². The average molecular weight is 278 g/mol. The molecule has 110 valence electrons.